The highest BCUT2D eigenvalue weighted by molar-refractivity contribution is 9.10. The lowest BCUT2D eigenvalue weighted by Gasteiger charge is -2.27. The number of ketones is 1. The van der Waals surface area contributed by atoms with Gasteiger partial charge in [0.05, 0.1) is 5.69 Å². The van der Waals surface area contributed by atoms with E-state index in [0.717, 1.165) is 4.47 Å². The van der Waals surface area contributed by atoms with E-state index in [-0.39, 0.29) is 22.7 Å². The number of aliphatic hydroxyl groups excluding tert-OH is 1. The van der Waals surface area contributed by atoms with Gasteiger partial charge in [-0.15, -0.1) is 5.11 Å². The van der Waals surface area contributed by atoms with Gasteiger partial charge in [0.2, 0.25) is 0 Å². The van der Waals surface area contributed by atoms with Gasteiger partial charge in [-0.3, -0.25) is 4.79 Å². The minimum absolute atomic E-state index is 0.0297. The van der Waals surface area contributed by atoms with E-state index in [1.54, 1.807) is 12.1 Å². The minimum Gasteiger partial charge on any atom is -0.510 e. The summed E-state index contributed by atoms with van der Waals surface area (Å²) < 4.78 is 0.948. The Balaban J connectivity index is 2.23. The maximum Gasteiger partial charge on any atom is 0.187 e. The Hall–Kier alpha value is -1.49. The van der Waals surface area contributed by atoms with E-state index in [2.05, 4.69) is 26.2 Å². The van der Waals surface area contributed by atoms with Crippen LogP contribution in [-0.4, -0.2) is 10.9 Å². The predicted octanol–water partition coefficient (Wildman–Crippen LogP) is 4.69. The Morgan fingerprint density at radius 3 is 2.37 bits per heavy atom. The lowest BCUT2D eigenvalue weighted by molar-refractivity contribution is -0.118. The molecule has 0 atom stereocenters. The third-order valence-corrected chi connectivity index (χ3v) is 3.44. The van der Waals surface area contributed by atoms with Gasteiger partial charge in [0.25, 0.3) is 0 Å². The number of nitrogens with zero attached hydrogens (tertiary/aromatic N) is 2. The molecule has 0 bridgehead atoms. The zero-order valence-corrected chi connectivity index (χ0v) is 12.4. The lowest BCUT2D eigenvalue weighted by atomic mass is 9.78. The van der Waals surface area contributed by atoms with Crippen molar-refractivity contribution >= 4 is 27.4 Å². The number of allylic oxidation sites excluding steroid dienone is 2. The van der Waals surface area contributed by atoms with Crippen LogP contribution in [0.25, 0.3) is 0 Å². The summed E-state index contributed by atoms with van der Waals surface area (Å²) in [6.07, 6.45) is 0.833. The molecular weight excluding hydrogens is 308 g/mol. The van der Waals surface area contributed by atoms with Gasteiger partial charge in [0, 0.05) is 17.3 Å². The molecule has 0 spiro atoms. The van der Waals surface area contributed by atoms with Crippen LogP contribution in [0.4, 0.5) is 5.69 Å². The molecule has 0 heterocycles. The molecule has 19 heavy (non-hydrogen) atoms. The van der Waals surface area contributed by atoms with Gasteiger partial charge in [-0.2, -0.15) is 5.11 Å². The van der Waals surface area contributed by atoms with Gasteiger partial charge in [0.1, 0.15) is 5.76 Å². The van der Waals surface area contributed by atoms with Crippen molar-refractivity contribution in [3.63, 3.8) is 0 Å². The minimum atomic E-state index is -0.211. The number of carbonyl (C=O) groups is 1. The molecule has 0 aliphatic heterocycles. The second-order valence-corrected chi connectivity index (χ2v) is 6.33. The SMILES string of the molecule is CC1(C)CC(=O)C(N=Nc2ccc(Br)cc2)=C(O)C1. The fourth-order valence-electron chi connectivity index (χ4n) is 2.01. The highest BCUT2D eigenvalue weighted by Gasteiger charge is 2.33. The summed E-state index contributed by atoms with van der Waals surface area (Å²) in [5.74, 6) is -0.128. The summed E-state index contributed by atoms with van der Waals surface area (Å²) in [6, 6.07) is 7.24. The van der Waals surface area contributed by atoms with Crippen molar-refractivity contribution in [1.82, 2.24) is 0 Å². The first kappa shape index (κ1) is 13.9. The number of Topliss-reactive ketones (excluding diaryl/α,β-unsaturated/α-hetero) is 1. The standard InChI is InChI=1S/C14H15BrN2O2/c1-14(2)7-11(18)13(12(19)8-14)17-16-10-5-3-9(15)4-6-10/h3-6,18H,7-8H2,1-2H3. The molecule has 5 heteroatoms. The van der Waals surface area contributed by atoms with Crippen molar-refractivity contribution in [3.8, 4) is 0 Å². The van der Waals surface area contributed by atoms with Gasteiger partial charge in [-0.05, 0) is 29.7 Å². The van der Waals surface area contributed by atoms with Crippen LogP contribution in [0.1, 0.15) is 26.7 Å². The summed E-state index contributed by atoms with van der Waals surface area (Å²) in [5, 5.41) is 17.8. The van der Waals surface area contributed by atoms with Crippen molar-refractivity contribution in [3.05, 3.63) is 40.2 Å². The van der Waals surface area contributed by atoms with Crippen LogP contribution in [0.15, 0.2) is 50.4 Å². The average molecular weight is 323 g/mol. The Labute approximate surface area is 120 Å². The van der Waals surface area contributed by atoms with Crippen molar-refractivity contribution in [2.45, 2.75) is 26.7 Å². The molecule has 0 fully saturated rings. The first-order chi connectivity index (χ1) is 8.87. The normalized spacial score (nSPS) is 19.2. The topological polar surface area (TPSA) is 62.0 Å². The summed E-state index contributed by atoms with van der Waals surface area (Å²) >= 11 is 3.33. The third kappa shape index (κ3) is 3.50. The monoisotopic (exact) mass is 322 g/mol. The van der Waals surface area contributed by atoms with Crippen LogP contribution in [0.2, 0.25) is 0 Å². The van der Waals surface area contributed by atoms with Crippen LogP contribution in [0.3, 0.4) is 0 Å². The number of rotatable bonds is 2. The number of aliphatic hydroxyl groups is 1. The molecule has 2 rings (SSSR count). The van der Waals surface area contributed by atoms with Crippen molar-refractivity contribution in [1.29, 1.82) is 0 Å². The van der Waals surface area contributed by atoms with Gasteiger partial charge in [-0.25, -0.2) is 0 Å². The average Bonchev–Trinajstić information content (AvgIpc) is 2.29. The molecule has 1 aromatic carbocycles. The summed E-state index contributed by atoms with van der Waals surface area (Å²) in [7, 11) is 0. The molecule has 1 aliphatic carbocycles. The van der Waals surface area contributed by atoms with Gasteiger partial charge in [-0.1, -0.05) is 29.8 Å². The molecular formula is C14H15BrN2O2. The smallest absolute Gasteiger partial charge is 0.187 e. The lowest BCUT2D eigenvalue weighted by Crippen LogP contribution is -2.25. The summed E-state index contributed by atoms with van der Waals surface area (Å²) in [4.78, 5) is 11.9. The third-order valence-electron chi connectivity index (χ3n) is 2.91. The van der Waals surface area contributed by atoms with Crippen LogP contribution in [-0.2, 0) is 4.79 Å². The highest BCUT2D eigenvalue weighted by Crippen LogP contribution is 2.36. The summed E-state index contributed by atoms with van der Waals surface area (Å²) in [5.41, 5.74) is 0.515. The Morgan fingerprint density at radius 1 is 1.16 bits per heavy atom. The second kappa shape index (κ2) is 5.25. The molecule has 0 amide bonds. The zero-order valence-electron chi connectivity index (χ0n) is 10.9. The number of carbonyl (C=O) groups excluding carboxylic acids is 1. The highest BCUT2D eigenvalue weighted by atomic mass is 79.9. The van der Waals surface area contributed by atoms with Crippen LogP contribution >= 0.6 is 15.9 Å². The van der Waals surface area contributed by atoms with Gasteiger partial charge >= 0.3 is 0 Å². The van der Waals surface area contributed by atoms with Gasteiger partial charge < -0.3 is 5.11 Å². The molecule has 0 saturated carbocycles. The zero-order chi connectivity index (χ0) is 14.0. The van der Waals surface area contributed by atoms with E-state index in [1.165, 1.54) is 0 Å². The maximum atomic E-state index is 11.9. The number of hydrogen-bond acceptors (Lipinski definition) is 4. The van der Waals surface area contributed by atoms with E-state index in [9.17, 15) is 9.90 Å². The first-order valence-electron chi connectivity index (χ1n) is 6.00. The van der Waals surface area contributed by atoms with Crippen LogP contribution in [0, 0.1) is 5.41 Å². The maximum absolute atomic E-state index is 11.9. The molecule has 0 unspecified atom stereocenters. The number of benzene rings is 1. The molecule has 4 nitrogen and oxygen atoms in total. The quantitative estimate of drug-likeness (QED) is 0.802. The summed E-state index contributed by atoms with van der Waals surface area (Å²) in [6.45, 7) is 3.90. The Bertz CT molecular complexity index is 559. The fourth-order valence-corrected chi connectivity index (χ4v) is 2.27. The molecule has 1 aliphatic rings. The first-order valence-corrected chi connectivity index (χ1v) is 6.79. The van der Waals surface area contributed by atoms with Crippen molar-refractivity contribution in [2.75, 3.05) is 0 Å². The van der Waals surface area contributed by atoms with Gasteiger partial charge in [0.15, 0.2) is 11.5 Å². The molecule has 1 N–H and O–H groups in total. The number of azo groups is 1. The van der Waals surface area contributed by atoms with Crippen molar-refractivity contribution < 1.29 is 9.90 Å². The molecule has 100 valence electrons. The Kier molecular flexibility index (Phi) is 3.85. The van der Waals surface area contributed by atoms with E-state index in [1.807, 2.05) is 26.0 Å². The largest absolute Gasteiger partial charge is 0.510 e. The van der Waals surface area contributed by atoms with Crippen LogP contribution in [0.5, 0.6) is 0 Å². The number of halogens is 1. The van der Waals surface area contributed by atoms with E-state index in [0.29, 0.717) is 18.5 Å². The fraction of sp³-hybridized carbons (Fsp3) is 0.357. The molecule has 1 aromatic rings. The van der Waals surface area contributed by atoms with E-state index >= 15 is 0 Å². The molecule has 0 radical (unpaired) electrons. The van der Waals surface area contributed by atoms with E-state index < -0.39 is 0 Å². The molecule has 0 saturated heterocycles. The van der Waals surface area contributed by atoms with E-state index in [4.69, 9.17) is 0 Å². The van der Waals surface area contributed by atoms with Crippen molar-refractivity contribution in [2.24, 2.45) is 15.6 Å². The van der Waals surface area contributed by atoms with Crippen LogP contribution < -0.4 is 0 Å². The number of hydrogen-bond donors (Lipinski definition) is 1. The predicted molar refractivity (Wildman–Crippen MR) is 76.3 cm³/mol. The molecule has 0 aromatic heterocycles. The second-order valence-electron chi connectivity index (χ2n) is 5.41. The Morgan fingerprint density at radius 2 is 1.79 bits per heavy atom.